The molecule has 18 heavy (non-hydrogen) atoms. The van der Waals surface area contributed by atoms with Gasteiger partial charge in [-0.1, -0.05) is 13.8 Å². The molecule has 0 radical (unpaired) electrons. The predicted octanol–water partition coefficient (Wildman–Crippen LogP) is 2.41. The van der Waals surface area contributed by atoms with Gasteiger partial charge in [0.2, 0.25) is 0 Å². The Kier molecular flexibility index (Phi) is 4.75. The predicted molar refractivity (Wildman–Crippen MR) is 65.1 cm³/mol. The molecule has 1 heterocycles. The van der Waals surface area contributed by atoms with Crippen LogP contribution < -0.4 is 5.73 Å². The van der Waals surface area contributed by atoms with Crippen LogP contribution in [0.1, 0.15) is 13.8 Å². The van der Waals surface area contributed by atoms with Crippen LogP contribution in [0.15, 0.2) is 23.1 Å². The van der Waals surface area contributed by atoms with Crippen molar-refractivity contribution in [1.82, 2.24) is 4.31 Å². The maximum Gasteiger partial charge on any atom is 0.275 e. The second-order valence-electron chi connectivity index (χ2n) is 3.59. The van der Waals surface area contributed by atoms with E-state index in [0.717, 1.165) is 10.4 Å². The number of hydrogen-bond donors (Lipinski definition) is 1. The summed E-state index contributed by atoms with van der Waals surface area (Å²) in [4.78, 5) is -0.157. The molecule has 1 aromatic rings. The minimum Gasteiger partial charge on any atom is -0.399 e. The van der Waals surface area contributed by atoms with E-state index in [0.29, 0.717) is 0 Å². The Bertz CT molecular complexity index is 446. The maximum atomic E-state index is 13.3. The number of nitrogen functional groups attached to an aromatic ring is 1. The van der Waals surface area contributed by atoms with Crippen molar-refractivity contribution in [1.29, 1.82) is 0 Å². The largest absolute Gasteiger partial charge is 0.399 e. The fraction of sp³-hybridized carbons (Fsp3) is 0.455. The topological polar surface area (TPSA) is 46.3 Å². The molecule has 0 aliphatic carbocycles. The quantitative estimate of drug-likeness (QED) is 0.846. The van der Waals surface area contributed by atoms with E-state index in [-0.39, 0.29) is 10.6 Å². The van der Waals surface area contributed by atoms with Crippen molar-refractivity contribution in [3.05, 3.63) is 24.0 Å². The first-order valence-corrected chi connectivity index (χ1v) is 6.59. The van der Waals surface area contributed by atoms with Crippen LogP contribution in [-0.2, 0) is 11.0 Å². The average molecular weight is 280 g/mol. The van der Waals surface area contributed by atoms with Crippen LogP contribution in [0.25, 0.3) is 0 Å². The lowest BCUT2D eigenvalue weighted by atomic mass is 10.2. The van der Waals surface area contributed by atoms with E-state index >= 15 is 0 Å². The Morgan fingerprint density at radius 1 is 1.33 bits per heavy atom. The van der Waals surface area contributed by atoms with Crippen LogP contribution in [-0.4, -0.2) is 27.5 Å². The zero-order chi connectivity index (χ0) is 13.9. The zero-order valence-electron chi connectivity index (χ0n) is 10.1. The third kappa shape index (κ3) is 3.23. The first-order chi connectivity index (χ1) is 8.39. The Balaban J connectivity index is 0.000000771. The minimum atomic E-state index is -2.83. The summed E-state index contributed by atoms with van der Waals surface area (Å²) in [5, 5.41) is 0. The number of rotatable bonds is 2. The van der Waals surface area contributed by atoms with Crippen LogP contribution in [0.2, 0.25) is 0 Å². The summed E-state index contributed by atoms with van der Waals surface area (Å²) in [6, 6.07) is 3.59. The van der Waals surface area contributed by atoms with E-state index in [1.54, 1.807) is 0 Å². The molecule has 0 spiro atoms. The lowest BCUT2D eigenvalue weighted by molar-refractivity contribution is -0.0926. The Labute approximate surface area is 106 Å². The Morgan fingerprint density at radius 3 is 2.39 bits per heavy atom. The monoisotopic (exact) mass is 280 g/mol. The molecule has 2 N–H and O–H groups in total. The number of benzene rings is 1. The first-order valence-electron chi connectivity index (χ1n) is 5.49. The summed E-state index contributed by atoms with van der Waals surface area (Å²) in [7, 11) is -1.91. The molecule has 0 bridgehead atoms. The lowest BCUT2D eigenvalue weighted by Crippen LogP contribution is -2.56. The molecule has 3 nitrogen and oxygen atoms in total. The highest BCUT2D eigenvalue weighted by Crippen LogP contribution is 2.31. The van der Waals surface area contributed by atoms with Gasteiger partial charge in [0.15, 0.2) is 0 Å². The third-order valence-corrected chi connectivity index (χ3v) is 3.61. The fourth-order valence-corrected chi connectivity index (χ4v) is 2.74. The summed E-state index contributed by atoms with van der Waals surface area (Å²) in [6.07, 6.45) is 0. The fourth-order valence-electron chi connectivity index (χ4n) is 1.38. The highest BCUT2D eigenvalue weighted by atomic mass is 32.2. The maximum absolute atomic E-state index is 13.3. The minimum absolute atomic E-state index is 0.157. The van der Waals surface area contributed by atoms with Gasteiger partial charge in [-0.05, 0) is 18.2 Å². The third-order valence-electron chi connectivity index (χ3n) is 2.19. The summed E-state index contributed by atoms with van der Waals surface area (Å²) < 4.78 is 51.1. The Morgan fingerprint density at radius 2 is 1.89 bits per heavy atom. The van der Waals surface area contributed by atoms with Gasteiger partial charge in [-0.25, -0.2) is 21.7 Å². The summed E-state index contributed by atoms with van der Waals surface area (Å²) in [5.41, 5.74) is 5.66. The molecule has 1 aromatic carbocycles. The second-order valence-corrected chi connectivity index (χ2v) is 5.05. The molecular weight excluding hydrogens is 265 g/mol. The van der Waals surface area contributed by atoms with Gasteiger partial charge in [-0.3, -0.25) is 0 Å². The molecule has 0 amide bonds. The molecule has 0 aromatic heterocycles. The average Bonchev–Trinajstić information content (AvgIpc) is 2.31. The van der Waals surface area contributed by atoms with E-state index in [2.05, 4.69) is 0 Å². The van der Waals surface area contributed by atoms with Crippen molar-refractivity contribution in [2.24, 2.45) is 0 Å². The van der Waals surface area contributed by atoms with Gasteiger partial charge in [0, 0.05) is 5.69 Å². The van der Waals surface area contributed by atoms with Crippen molar-refractivity contribution < 1.29 is 17.4 Å². The van der Waals surface area contributed by atoms with Crippen LogP contribution in [0.5, 0.6) is 0 Å². The molecule has 1 aliphatic heterocycles. The van der Waals surface area contributed by atoms with E-state index in [1.165, 1.54) is 12.1 Å². The molecule has 102 valence electrons. The number of anilines is 1. The van der Waals surface area contributed by atoms with E-state index < -0.39 is 35.8 Å². The van der Waals surface area contributed by atoms with Crippen molar-refractivity contribution in [2.75, 3.05) is 18.8 Å². The van der Waals surface area contributed by atoms with Gasteiger partial charge in [-0.15, -0.1) is 0 Å². The molecule has 0 saturated carbocycles. The number of nitrogens with zero attached hydrogens (tertiary/aromatic N) is 1. The molecule has 7 heteroatoms. The summed E-state index contributed by atoms with van der Waals surface area (Å²) in [5.74, 6) is -3.53. The zero-order valence-corrected chi connectivity index (χ0v) is 10.9. The first kappa shape index (κ1) is 15.0. The lowest BCUT2D eigenvalue weighted by Gasteiger charge is -2.37. The van der Waals surface area contributed by atoms with Gasteiger partial charge in [0.25, 0.3) is 5.92 Å². The SMILES string of the molecule is CC.Nc1ccc(F)c(S(=O)N2CC(F)(F)C2)c1. The molecular formula is C11H15F3N2OS. The normalized spacial score (nSPS) is 19.4. The van der Waals surface area contributed by atoms with Gasteiger partial charge < -0.3 is 5.73 Å². The smallest absolute Gasteiger partial charge is 0.275 e. The highest BCUT2D eigenvalue weighted by molar-refractivity contribution is 7.82. The molecule has 2 rings (SSSR count). The van der Waals surface area contributed by atoms with E-state index in [1.807, 2.05) is 13.8 Å². The number of hydrogen-bond acceptors (Lipinski definition) is 2. The Hall–Kier alpha value is -1.08. The van der Waals surface area contributed by atoms with Crippen LogP contribution >= 0.6 is 0 Å². The molecule has 1 saturated heterocycles. The number of halogens is 3. The van der Waals surface area contributed by atoms with Crippen LogP contribution in [0.4, 0.5) is 18.9 Å². The van der Waals surface area contributed by atoms with E-state index in [4.69, 9.17) is 5.73 Å². The molecule has 1 aliphatic rings. The van der Waals surface area contributed by atoms with Crippen molar-refractivity contribution in [2.45, 2.75) is 24.7 Å². The van der Waals surface area contributed by atoms with Gasteiger partial charge in [0.05, 0.1) is 18.0 Å². The van der Waals surface area contributed by atoms with Gasteiger partial charge in [-0.2, -0.15) is 0 Å². The number of alkyl halides is 2. The summed E-state index contributed by atoms with van der Waals surface area (Å²) >= 11 is 0. The van der Waals surface area contributed by atoms with E-state index in [9.17, 15) is 17.4 Å². The molecule has 1 unspecified atom stereocenters. The van der Waals surface area contributed by atoms with Crippen molar-refractivity contribution in [3.63, 3.8) is 0 Å². The number of nitrogens with two attached hydrogens (primary N) is 1. The highest BCUT2D eigenvalue weighted by Gasteiger charge is 2.47. The molecule has 1 atom stereocenters. The van der Waals surface area contributed by atoms with Crippen LogP contribution in [0.3, 0.4) is 0 Å². The second kappa shape index (κ2) is 5.71. The van der Waals surface area contributed by atoms with Crippen molar-refractivity contribution in [3.8, 4) is 0 Å². The molecule has 1 fully saturated rings. The standard InChI is InChI=1S/C9H9F3N2OS.C2H6/c10-7-2-1-6(13)3-8(7)16(15)14-4-9(11,12)5-14;1-2/h1-3H,4-5,13H2;1-2H3. The summed E-state index contributed by atoms with van der Waals surface area (Å²) in [6.45, 7) is 2.77. The van der Waals surface area contributed by atoms with Crippen molar-refractivity contribution >= 4 is 16.7 Å². The van der Waals surface area contributed by atoms with Gasteiger partial charge >= 0.3 is 0 Å². The van der Waals surface area contributed by atoms with Crippen LogP contribution in [0, 0.1) is 5.82 Å². The van der Waals surface area contributed by atoms with Gasteiger partial charge in [0.1, 0.15) is 16.8 Å².